The predicted octanol–water partition coefficient (Wildman–Crippen LogP) is 4.02. The highest BCUT2D eigenvalue weighted by Gasteiger charge is 2.44. The number of para-hydroxylation sites is 1. The lowest BCUT2D eigenvalue weighted by molar-refractivity contribution is -0.144. The summed E-state index contributed by atoms with van der Waals surface area (Å²) in [4.78, 5) is 39.9. The number of rotatable bonds is 9. The number of aliphatic carboxylic acids is 1. The van der Waals surface area contributed by atoms with Crippen molar-refractivity contribution in [3.05, 3.63) is 93.5 Å². The van der Waals surface area contributed by atoms with Crippen LogP contribution < -0.4 is 15.0 Å². The van der Waals surface area contributed by atoms with E-state index in [-0.39, 0.29) is 19.8 Å². The van der Waals surface area contributed by atoms with Crippen molar-refractivity contribution in [3.8, 4) is 5.75 Å². The zero-order chi connectivity index (χ0) is 28.2. The first-order chi connectivity index (χ1) is 19.3. The standard InChI is InChI=1S/C29H26Cl2N2O7/c30-21-5-3-6-22(31)20(21)15-38-19-10-8-17(9-11-19)14-23(29(36)37)32-27(34)25-26(40-16-39-25)28(35)33-13-12-18-4-1-2-7-24(18)33/h1-11,23,25-26H,12-16H2,(H,32,34)(H,36,37)/t23-,25+,26+/m0/s1. The zero-order valence-electron chi connectivity index (χ0n) is 21.2. The van der Waals surface area contributed by atoms with Crippen LogP contribution in [0.1, 0.15) is 16.7 Å². The lowest BCUT2D eigenvalue weighted by Crippen LogP contribution is -2.53. The van der Waals surface area contributed by atoms with E-state index in [2.05, 4.69) is 5.32 Å². The molecular formula is C29H26Cl2N2O7. The number of hydrogen-bond donors (Lipinski definition) is 2. The Morgan fingerprint density at radius 2 is 1.68 bits per heavy atom. The molecule has 2 amide bonds. The van der Waals surface area contributed by atoms with Gasteiger partial charge in [0.25, 0.3) is 11.8 Å². The fourth-order valence-corrected chi connectivity index (χ4v) is 5.24. The second-order valence-corrected chi connectivity index (χ2v) is 10.2. The van der Waals surface area contributed by atoms with E-state index in [0.29, 0.717) is 39.9 Å². The van der Waals surface area contributed by atoms with Crippen molar-refractivity contribution in [1.29, 1.82) is 0 Å². The van der Waals surface area contributed by atoms with Crippen molar-refractivity contribution in [2.24, 2.45) is 0 Å². The first-order valence-electron chi connectivity index (χ1n) is 12.6. The van der Waals surface area contributed by atoms with Gasteiger partial charge in [-0.05, 0) is 47.9 Å². The van der Waals surface area contributed by atoms with E-state index in [1.807, 2.05) is 24.3 Å². The Balaban J connectivity index is 1.20. The van der Waals surface area contributed by atoms with E-state index in [4.69, 9.17) is 37.4 Å². The molecule has 0 unspecified atom stereocenters. The lowest BCUT2D eigenvalue weighted by Gasteiger charge is -2.24. The molecule has 2 aliphatic heterocycles. The van der Waals surface area contributed by atoms with Crippen LogP contribution in [0.5, 0.6) is 5.75 Å². The number of ether oxygens (including phenoxy) is 3. The number of carboxylic acid groups (broad SMARTS) is 1. The number of hydrogen-bond acceptors (Lipinski definition) is 6. The van der Waals surface area contributed by atoms with Gasteiger partial charge in [0.2, 0.25) is 0 Å². The Kier molecular flexibility index (Phi) is 8.56. The van der Waals surface area contributed by atoms with Gasteiger partial charge in [-0.3, -0.25) is 9.59 Å². The van der Waals surface area contributed by atoms with E-state index < -0.39 is 36.0 Å². The molecule has 3 aromatic rings. The monoisotopic (exact) mass is 584 g/mol. The molecule has 1 saturated heterocycles. The van der Waals surface area contributed by atoms with E-state index in [1.165, 1.54) is 0 Å². The fraction of sp³-hybridized carbons (Fsp3) is 0.276. The molecule has 0 radical (unpaired) electrons. The molecule has 0 aliphatic carbocycles. The molecule has 3 atom stereocenters. The van der Waals surface area contributed by atoms with Crippen LogP contribution in [0.25, 0.3) is 0 Å². The maximum Gasteiger partial charge on any atom is 0.326 e. The minimum Gasteiger partial charge on any atom is -0.489 e. The molecule has 40 heavy (non-hydrogen) atoms. The summed E-state index contributed by atoms with van der Waals surface area (Å²) in [7, 11) is 0. The van der Waals surface area contributed by atoms with Crippen LogP contribution in [0, 0.1) is 0 Å². The van der Waals surface area contributed by atoms with Crippen LogP contribution in [0.2, 0.25) is 10.0 Å². The minimum absolute atomic E-state index is 0.00336. The molecule has 1 fully saturated rings. The Morgan fingerprint density at radius 1 is 0.975 bits per heavy atom. The number of carboxylic acids is 1. The van der Waals surface area contributed by atoms with Gasteiger partial charge >= 0.3 is 5.97 Å². The van der Waals surface area contributed by atoms with E-state index >= 15 is 0 Å². The van der Waals surface area contributed by atoms with Crippen LogP contribution in [0.3, 0.4) is 0 Å². The van der Waals surface area contributed by atoms with Crippen molar-refractivity contribution < 1.29 is 33.7 Å². The number of anilines is 1. The van der Waals surface area contributed by atoms with Crippen molar-refractivity contribution in [2.75, 3.05) is 18.2 Å². The van der Waals surface area contributed by atoms with Crippen molar-refractivity contribution in [3.63, 3.8) is 0 Å². The highest BCUT2D eigenvalue weighted by Crippen LogP contribution is 2.30. The summed E-state index contributed by atoms with van der Waals surface area (Å²) in [6.07, 6.45) is -1.74. The summed E-state index contributed by atoms with van der Waals surface area (Å²) in [5.41, 5.74) is 3.12. The zero-order valence-corrected chi connectivity index (χ0v) is 22.7. The van der Waals surface area contributed by atoms with Gasteiger partial charge in [0.1, 0.15) is 25.2 Å². The van der Waals surface area contributed by atoms with Gasteiger partial charge in [0, 0.05) is 34.3 Å². The van der Waals surface area contributed by atoms with Crippen molar-refractivity contribution >= 4 is 46.7 Å². The molecule has 5 rings (SSSR count). The molecule has 0 saturated carbocycles. The molecule has 3 aromatic carbocycles. The summed E-state index contributed by atoms with van der Waals surface area (Å²) in [6.45, 7) is 0.385. The second-order valence-electron chi connectivity index (χ2n) is 9.40. The molecule has 0 bridgehead atoms. The van der Waals surface area contributed by atoms with Crippen molar-refractivity contribution in [1.82, 2.24) is 5.32 Å². The summed E-state index contributed by atoms with van der Waals surface area (Å²) >= 11 is 12.4. The normalized spacial score (nSPS) is 18.7. The van der Waals surface area contributed by atoms with E-state index in [0.717, 1.165) is 11.3 Å². The Hall–Kier alpha value is -3.63. The number of fused-ring (bicyclic) bond motifs is 1. The number of halogens is 2. The van der Waals surface area contributed by atoms with Crippen LogP contribution in [0.4, 0.5) is 5.69 Å². The third-order valence-electron chi connectivity index (χ3n) is 6.85. The minimum atomic E-state index is -1.27. The topological polar surface area (TPSA) is 114 Å². The molecule has 208 valence electrons. The number of carbonyl (C=O) groups excluding carboxylic acids is 2. The number of carbonyl (C=O) groups is 3. The molecule has 0 aromatic heterocycles. The number of nitrogens with zero attached hydrogens (tertiary/aromatic N) is 1. The van der Waals surface area contributed by atoms with Gasteiger partial charge in [-0.15, -0.1) is 0 Å². The first-order valence-corrected chi connectivity index (χ1v) is 13.4. The summed E-state index contributed by atoms with van der Waals surface area (Å²) in [6, 6.07) is 18.3. The summed E-state index contributed by atoms with van der Waals surface area (Å²) < 4.78 is 16.6. The highest BCUT2D eigenvalue weighted by atomic mass is 35.5. The van der Waals surface area contributed by atoms with Crippen LogP contribution in [-0.2, 0) is 43.3 Å². The Morgan fingerprint density at radius 3 is 2.40 bits per heavy atom. The molecule has 2 heterocycles. The van der Waals surface area contributed by atoms with Gasteiger partial charge < -0.3 is 29.5 Å². The predicted molar refractivity (Wildman–Crippen MR) is 148 cm³/mol. The lowest BCUT2D eigenvalue weighted by atomic mass is 10.0. The van der Waals surface area contributed by atoms with E-state index in [1.54, 1.807) is 47.4 Å². The third-order valence-corrected chi connectivity index (χ3v) is 7.56. The average molecular weight is 585 g/mol. The number of nitrogens with one attached hydrogen (secondary N) is 1. The SMILES string of the molecule is O=C(O)[C@H](Cc1ccc(OCc2c(Cl)cccc2Cl)cc1)NC(=O)[C@@H]1OCO[C@H]1C(=O)N1CCc2ccccc21. The molecule has 0 spiro atoms. The fourth-order valence-electron chi connectivity index (χ4n) is 4.73. The number of benzene rings is 3. The van der Waals surface area contributed by atoms with Gasteiger partial charge in [-0.2, -0.15) is 0 Å². The van der Waals surface area contributed by atoms with Crippen LogP contribution in [-0.4, -0.2) is 54.5 Å². The molecule has 2 N–H and O–H groups in total. The Bertz CT molecular complexity index is 1400. The summed E-state index contributed by atoms with van der Waals surface area (Å²) in [5, 5.41) is 13.3. The first kappa shape index (κ1) is 27.9. The molecule has 9 nitrogen and oxygen atoms in total. The van der Waals surface area contributed by atoms with Gasteiger partial charge in [0.05, 0.1) is 0 Å². The molecular weight excluding hydrogens is 559 g/mol. The molecule has 11 heteroatoms. The second kappa shape index (κ2) is 12.3. The highest BCUT2D eigenvalue weighted by molar-refractivity contribution is 6.35. The number of amides is 2. The van der Waals surface area contributed by atoms with Crippen molar-refractivity contribution in [2.45, 2.75) is 37.7 Å². The smallest absolute Gasteiger partial charge is 0.326 e. The summed E-state index contributed by atoms with van der Waals surface area (Å²) in [5.74, 6) is -1.82. The average Bonchev–Trinajstić information content (AvgIpc) is 3.61. The maximum atomic E-state index is 13.2. The van der Waals surface area contributed by atoms with Gasteiger partial charge in [-0.25, -0.2) is 4.79 Å². The third kappa shape index (κ3) is 6.08. The Labute approximate surface area is 240 Å². The van der Waals surface area contributed by atoms with Crippen LogP contribution >= 0.6 is 23.2 Å². The van der Waals surface area contributed by atoms with E-state index in [9.17, 15) is 19.5 Å². The quantitative estimate of drug-likeness (QED) is 0.390. The molecule has 2 aliphatic rings. The van der Waals surface area contributed by atoms with Crippen LogP contribution in [0.15, 0.2) is 66.7 Å². The maximum absolute atomic E-state index is 13.2. The van der Waals surface area contributed by atoms with Gasteiger partial charge in [0.15, 0.2) is 12.2 Å². The largest absolute Gasteiger partial charge is 0.489 e. The van der Waals surface area contributed by atoms with Gasteiger partial charge in [-0.1, -0.05) is 59.6 Å².